The summed E-state index contributed by atoms with van der Waals surface area (Å²) in [6, 6.07) is 14.0. The number of aliphatic hydroxyl groups is 1. The van der Waals surface area contributed by atoms with E-state index in [9.17, 15) is 18.4 Å². The molecular weight excluding hydrogens is 741 g/mol. The van der Waals surface area contributed by atoms with E-state index in [2.05, 4.69) is 32.1 Å². The number of fused-ring (bicyclic) bond motifs is 2. The largest absolute Gasteiger partial charge is 0.481 e. The molecule has 2 aliphatic heterocycles. The second-order valence-corrected chi connectivity index (χ2v) is 14.2. The number of hydrogen-bond donors (Lipinski definition) is 4. The van der Waals surface area contributed by atoms with Crippen molar-refractivity contribution in [1.82, 2.24) is 35.3 Å². The average molecular weight is 780 g/mol. The molecule has 0 radical (unpaired) electrons. The van der Waals surface area contributed by atoms with Gasteiger partial charge in [0.15, 0.2) is 0 Å². The predicted octanol–water partition coefficient (Wildman–Crippen LogP) is 6.28. The van der Waals surface area contributed by atoms with Crippen molar-refractivity contribution in [2.75, 3.05) is 45.2 Å². The minimum atomic E-state index is -2.85. The van der Waals surface area contributed by atoms with Gasteiger partial charge in [0.1, 0.15) is 11.5 Å². The standard InChI is InChI=1S/C30H23Cl2F2N5O2.C8H15N3O2/c1-39-30(40)24-16(14-35-39)13-23(27(33)34)37-28(24)36-21-11-5-9-19(26(21)32)18-8-4-10-20(25(18)31)22-12-15-6-3-7-17(15)29(38-22)41-2;12-4-3-11-6-8(10-7(11)13)1-2-9-5-8/h4-5,8-14,27H,3,6-7H2,1-2H3,(H,36,37);9,12H,1-6H2,(H,10,13). The summed E-state index contributed by atoms with van der Waals surface area (Å²) in [4.78, 5) is 34.8. The molecule has 5 heterocycles. The number of hydrogen-bond acceptors (Lipinski definition) is 9. The van der Waals surface area contributed by atoms with E-state index < -0.39 is 17.7 Å². The van der Waals surface area contributed by atoms with Crippen molar-refractivity contribution in [2.45, 2.75) is 37.6 Å². The number of carbonyl (C=O) groups excluding carboxylic acids is 1. The molecule has 2 aromatic carbocycles. The second kappa shape index (κ2) is 15.5. The third-order valence-corrected chi connectivity index (χ3v) is 10.8. The van der Waals surface area contributed by atoms with Gasteiger partial charge in [-0.25, -0.2) is 28.2 Å². The number of methoxy groups -OCH3 is 1. The van der Waals surface area contributed by atoms with Crippen molar-refractivity contribution in [3.05, 3.63) is 91.9 Å². The highest BCUT2D eigenvalue weighted by Crippen LogP contribution is 2.43. The van der Waals surface area contributed by atoms with Crippen LogP contribution < -0.4 is 26.2 Å². The van der Waals surface area contributed by atoms with Crippen LogP contribution >= 0.6 is 23.2 Å². The van der Waals surface area contributed by atoms with Crippen LogP contribution in [-0.4, -0.2) is 81.2 Å². The first-order valence-electron chi connectivity index (χ1n) is 17.5. The van der Waals surface area contributed by atoms with Crippen LogP contribution in [0, 0.1) is 0 Å². The van der Waals surface area contributed by atoms with Gasteiger partial charge in [-0.3, -0.25) is 4.79 Å². The zero-order chi connectivity index (χ0) is 38.1. The molecule has 282 valence electrons. The van der Waals surface area contributed by atoms with Gasteiger partial charge in [-0.15, -0.1) is 0 Å². The smallest absolute Gasteiger partial charge is 0.318 e. The maximum absolute atomic E-state index is 13.7. The van der Waals surface area contributed by atoms with Gasteiger partial charge in [0.05, 0.1) is 52.3 Å². The maximum Gasteiger partial charge on any atom is 0.318 e. The van der Waals surface area contributed by atoms with Crippen LogP contribution in [-0.2, 0) is 19.9 Å². The number of β-amino-alcohol motifs (C(OH)–C–C–N with tert-alkyl or cyclic N) is 1. The van der Waals surface area contributed by atoms with E-state index in [1.807, 2.05) is 18.2 Å². The van der Waals surface area contributed by atoms with E-state index in [0.29, 0.717) is 40.0 Å². The lowest BCUT2D eigenvalue weighted by Crippen LogP contribution is -2.45. The Labute approximate surface area is 319 Å². The molecular formula is C38H38Cl2F2N8O4. The third kappa shape index (κ3) is 7.18. The monoisotopic (exact) mass is 778 g/mol. The highest BCUT2D eigenvalue weighted by Gasteiger charge is 2.44. The third-order valence-electron chi connectivity index (χ3n) is 10.00. The number of anilines is 2. The number of urea groups is 1. The van der Waals surface area contributed by atoms with E-state index in [1.165, 1.54) is 18.8 Å². The first-order valence-corrected chi connectivity index (χ1v) is 18.2. The number of aromatic nitrogens is 4. The number of ether oxygens (including phenoxy) is 1. The fourth-order valence-electron chi connectivity index (χ4n) is 7.30. The van der Waals surface area contributed by atoms with Crippen LogP contribution in [0.1, 0.15) is 36.1 Å². The summed E-state index contributed by atoms with van der Waals surface area (Å²) < 4.78 is 34.0. The fraction of sp³-hybridized carbons (Fsp3) is 0.342. The van der Waals surface area contributed by atoms with Gasteiger partial charge < -0.3 is 30.7 Å². The normalized spacial score (nSPS) is 17.6. The Hall–Kier alpha value is -4.89. The molecule has 1 aliphatic carbocycles. The molecule has 4 N–H and O–H groups in total. The van der Waals surface area contributed by atoms with Crippen molar-refractivity contribution in [3.8, 4) is 28.3 Å². The minimum Gasteiger partial charge on any atom is -0.481 e. The predicted molar refractivity (Wildman–Crippen MR) is 204 cm³/mol. The number of aryl methyl sites for hydroxylation is 2. The lowest BCUT2D eigenvalue weighted by Gasteiger charge is -2.20. The number of pyridine rings is 2. The summed E-state index contributed by atoms with van der Waals surface area (Å²) >= 11 is 13.9. The molecule has 54 heavy (non-hydrogen) atoms. The van der Waals surface area contributed by atoms with E-state index in [-0.39, 0.29) is 39.8 Å². The van der Waals surface area contributed by atoms with Gasteiger partial charge in [0, 0.05) is 54.3 Å². The van der Waals surface area contributed by atoms with Crippen LogP contribution in [0.2, 0.25) is 10.0 Å². The highest BCUT2D eigenvalue weighted by atomic mass is 35.5. The van der Waals surface area contributed by atoms with Gasteiger partial charge in [0.25, 0.3) is 12.0 Å². The SMILES string of the molecule is COc1nc(-c2cccc(-c3cccc(Nc4nc(C(F)F)cc5cnn(C)c(=O)c45)c3Cl)c2Cl)cc2c1CCC2.O=C1NC2(CCNC2)CN1CCO. The lowest BCUT2D eigenvalue weighted by atomic mass is 9.99. The first kappa shape index (κ1) is 37.4. The first-order chi connectivity index (χ1) is 26.0. The Morgan fingerprint density at radius 2 is 1.81 bits per heavy atom. The number of carbonyl (C=O) groups is 1. The number of alkyl halides is 2. The van der Waals surface area contributed by atoms with E-state index in [1.54, 1.807) is 30.2 Å². The molecule has 2 amide bonds. The second-order valence-electron chi connectivity index (χ2n) is 13.5. The Morgan fingerprint density at radius 1 is 1.06 bits per heavy atom. The van der Waals surface area contributed by atoms with Crippen molar-refractivity contribution in [3.63, 3.8) is 0 Å². The summed E-state index contributed by atoms with van der Waals surface area (Å²) in [5, 5.41) is 23.0. The number of rotatable bonds is 8. The molecule has 0 bridgehead atoms. The van der Waals surface area contributed by atoms with Gasteiger partial charge in [-0.2, -0.15) is 5.10 Å². The highest BCUT2D eigenvalue weighted by molar-refractivity contribution is 6.39. The van der Waals surface area contributed by atoms with Crippen LogP contribution in [0.4, 0.5) is 25.1 Å². The Morgan fingerprint density at radius 3 is 2.54 bits per heavy atom. The molecule has 2 fully saturated rings. The van der Waals surface area contributed by atoms with Crippen molar-refractivity contribution < 1.29 is 23.4 Å². The number of benzene rings is 2. The summed E-state index contributed by atoms with van der Waals surface area (Å²) in [7, 11) is 3.09. The van der Waals surface area contributed by atoms with E-state index >= 15 is 0 Å². The molecule has 1 unspecified atom stereocenters. The Balaban J connectivity index is 0.000000291. The van der Waals surface area contributed by atoms with Crippen LogP contribution in [0.3, 0.4) is 0 Å². The molecule has 3 aliphatic rings. The molecule has 0 saturated carbocycles. The molecule has 2 saturated heterocycles. The Bertz CT molecular complexity index is 2300. The molecule has 8 rings (SSSR count). The average Bonchev–Trinajstić information content (AvgIpc) is 3.91. The quantitative estimate of drug-likeness (QED) is 0.143. The van der Waals surface area contributed by atoms with Gasteiger partial charge in [-0.1, -0.05) is 53.5 Å². The summed E-state index contributed by atoms with van der Waals surface area (Å²) in [6.07, 6.45) is 2.42. The van der Waals surface area contributed by atoms with E-state index in [4.69, 9.17) is 38.0 Å². The summed E-state index contributed by atoms with van der Waals surface area (Å²) in [5.74, 6) is 0.557. The molecule has 3 aromatic heterocycles. The Kier molecular flexibility index (Phi) is 10.7. The van der Waals surface area contributed by atoms with Crippen molar-refractivity contribution >= 4 is 51.5 Å². The molecule has 16 heteroatoms. The van der Waals surface area contributed by atoms with Crippen molar-refractivity contribution in [2.24, 2.45) is 7.05 Å². The van der Waals surface area contributed by atoms with Gasteiger partial charge in [-0.05, 0) is 56.0 Å². The van der Waals surface area contributed by atoms with Crippen LogP contribution in [0.25, 0.3) is 33.2 Å². The molecule has 1 spiro atoms. The summed E-state index contributed by atoms with van der Waals surface area (Å²) in [6.45, 7) is 3.01. The molecule has 1 atom stereocenters. The number of amides is 2. The van der Waals surface area contributed by atoms with Gasteiger partial charge in [0.2, 0.25) is 5.88 Å². The van der Waals surface area contributed by atoms with E-state index in [0.717, 1.165) is 67.2 Å². The molecule has 5 aromatic rings. The number of aliphatic hydroxyl groups excluding tert-OH is 1. The fourth-order valence-corrected chi connectivity index (χ4v) is 7.90. The minimum absolute atomic E-state index is 0.0386. The van der Waals surface area contributed by atoms with Crippen molar-refractivity contribution in [1.29, 1.82) is 0 Å². The molecule has 12 nitrogen and oxygen atoms in total. The zero-order valence-electron chi connectivity index (χ0n) is 29.6. The lowest BCUT2D eigenvalue weighted by molar-refractivity contribution is 0.146. The number of nitrogens with zero attached hydrogens (tertiary/aromatic N) is 5. The topological polar surface area (TPSA) is 147 Å². The van der Waals surface area contributed by atoms with Gasteiger partial charge >= 0.3 is 6.03 Å². The maximum atomic E-state index is 13.7. The van der Waals surface area contributed by atoms with Crippen LogP contribution in [0.15, 0.2) is 59.5 Å². The van der Waals surface area contributed by atoms with Crippen LogP contribution in [0.5, 0.6) is 5.88 Å². The number of nitrogens with one attached hydrogen (secondary N) is 3. The zero-order valence-corrected chi connectivity index (χ0v) is 31.1. The summed E-state index contributed by atoms with van der Waals surface area (Å²) in [5.41, 5.74) is 4.32. The number of halogens is 4.